The maximum Gasteiger partial charge on any atom is 0.152 e. The minimum Gasteiger partial charge on any atom is -0.398 e. The predicted octanol–water partition coefficient (Wildman–Crippen LogP) is 1.70. The van der Waals surface area contributed by atoms with Crippen LogP contribution in [0.25, 0.3) is 0 Å². The Labute approximate surface area is 66.0 Å². The second-order valence-electron chi connectivity index (χ2n) is 2.70. The molecular formula is C9H11NO. The average molecular weight is 149 g/mol. The van der Waals surface area contributed by atoms with E-state index in [0.29, 0.717) is 11.3 Å². The summed E-state index contributed by atoms with van der Waals surface area (Å²) in [6.45, 7) is 3.84. The molecule has 0 saturated heterocycles. The lowest BCUT2D eigenvalue weighted by Gasteiger charge is -2.03. The van der Waals surface area contributed by atoms with Gasteiger partial charge in [0.2, 0.25) is 0 Å². The van der Waals surface area contributed by atoms with E-state index in [1.54, 1.807) is 6.07 Å². The molecule has 2 nitrogen and oxygen atoms in total. The second-order valence-corrected chi connectivity index (χ2v) is 2.70. The summed E-state index contributed by atoms with van der Waals surface area (Å²) in [5.41, 5.74) is 8.81. The lowest BCUT2D eigenvalue weighted by atomic mass is 10.0. The van der Waals surface area contributed by atoms with Crippen LogP contribution in [0.15, 0.2) is 12.1 Å². The quantitative estimate of drug-likeness (QED) is 0.487. The van der Waals surface area contributed by atoms with Crippen molar-refractivity contribution in [3.63, 3.8) is 0 Å². The summed E-state index contributed by atoms with van der Waals surface area (Å²) in [6.07, 6.45) is 0.796. The highest BCUT2D eigenvalue weighted by molar-refractivity contribution is 5.85. The van der Waals surface area contributed by atoms with Crippen LogP contribution in [0.4, 0.5) is 5.69 Å². The number of hydrogen-bond donors (Lipinski definition) is 1. The maximum absolute atomic E-state index is 10.5. The van der Waals surface area contributed by atoms with E-state index in [4.69, 9.17) is 5.73 Å². The molecule has 0 fully saturated rings. The van der Waals surface area contributed by atoms with Crippen molar-refractivity contribution in [3.05, 3.63) is 28.8 Å². The van der Waals surface area contributed by atoms with Crippen LogP contribution >= 0.6 is 0 Å². The van der Waals surface area contributed by atoms with Crippen LogP contribution in [0.2, 0.25) is 0 Å². The molecule has 1 aromatic rings. The summed E-state index contributed by atoms with van der Waals surface area (Å²) < 4.78 is 0. The number of carbonyl (C=O) groups is 1. The molecule has 0 atom stereocenters. The Balaban J connectivity index is 3.36. The Morgan fingerprint density at radius 2 is 2.00 bits per heavy atom. The van der Waals surface area contributed by atoms with Gasteiger partial charge in [-0.2, -0.15) is 0 Å². The third kappa shape index (κ3) is 1.40. The monoisotopic (exact) mass is 149 g/mol. The third-order valence-electron chi connectivity index (χ3n) is 1.68. The molecule has 1 rings (SSSR count). The fourth-order valence-corrected chi connectivity index (χ4v) is 1.17. The molecule has 0 saturated carbocycles. The second kappa shape index (κ2) is 2.74. The number of aryl methyl sites for hydroxylation is 2. The van der Waals surface area contributed by atoms with Crippen LogP contribution in [0.3, 0.4) is 0 Å². The molecule has 0 aliphatic heterocycles. The van der Waals surface area contributed by atoms with Gasteiger partial charge in [0.1, 0.15) is 0 Å². The van der Waals surface area contributed by atoms with Gasteiger partial charge in [-0.25, -0.2) is 0 Å². The van der Waals surface area contributed by atoms with E-state index in [1.807, 2.05) is 19.9 Å². The van der Waals surface area contributed by atoms with E-state index in [2.05, 4.69) is 0 Å². The minimum absolute atomic E-state index is 0.567. The highest BCUT2D eigenvalue weighted by atomic mass is 16.1. The van der Waals surface area contributed by atoms with Gasteiger partial charge < -0.3 is 5.73 Å². The van der Waals surface area contributed by atoms with Crippen molar-refractivity contribution in [2.45, 2.75) is 13.8 Å². The van der Waals surface area contributed by atoms with Gasteiger partial charge in [-0.15, -0.1) is 0 Å². The lowest BCUT2D eigenvalue weighted by molar-refractivity contribution is 0.112. The Hall–Kier alpha value is -1.31. The predicted molar refractivity (Wildman–Crippen MR) is 45.7 cm³/mol. The Morgan fingerprint density at radius 1 is 1.36 bits per heavy atom. The molecule has 0 unspecified atom stereocenters. The number of benzene rings is 1. The first-order chi connectivity index (χ1) is 5.15. The first-order valence-corrected chi connectivity index (χ1v) is 3.47. The molecule has 0 aliphatic rings. The van der Waals surface area contributed by atoms with Crippen molar-refractivity contribution < 1.29 is 4.79 Å². The van der Waals surface area contributed by atoms with Gasteiger partial charge in [0.05, 0.1) is 0 Å². The molecule has 11 heavy (non-hydrogen) atoms. The van der Waals surface area contributed by atoms with E-state index in [9.17, 15) is 4.79 Å². The minimum atomic E-state index is 0.567. The van der Waals surface area contributed by atoms with Gasteiger partial charge in [-0.05, 0) is 31.0 Å². The van der Waals surface area contributed by atoms with Gasteiger partial charge in [-0.1, -0.05) is 6.07 Å². The maximum atomic E-state index is 10.5. The summed E-state index contributed by atoms with van der Waals surface area (Å²) in [5.74, 6) is 0. The molecule has 0 amide bonds. The Bertz CT molecular complexity index is 269. The molecule has 0 aromatic heterocycles. The third-order valence-corrected chi connectivity index (χ3v) is 1.68. The topological polar surface area (TPSA) is 43.1 Å². The van der Waals surface area contributed by atoms with Crippen molar-refractivity contribution in [2.24, 2.45) is 0 Å². The van der Waals surface area contributed by atoms with E-state index in [-0.39, 0.29) is 0 Å². The van der Waals surface area contributed by atoms with Crippen molar-refractivity contribution in [3.8, 4) is 0 Å². The number of carbonyl (C=O) groups excluding carboxylic acids is 1. The SMILES string of the molecule is Cc1cc(C)c(C=O)c(N)c1. The molecular weight excluding hydrogens is 138 g/mol. The highest BCUT2D eigenvalue weighted by Gasteiger charge is 2.01. The van der Waals surface area contributed by atoms with Crippen molar-refractivity contribution in [1.82, 2.24) is 0 Å². The van der Waals surface area contributed by atoms with Crippen LogP contribution in [0.1, 0.15) is 21.5 Å². The van der Waals surface area contributed by atoms with Crippen molar-refractivity contribution in [2.75, 3.05) is 5.73 Å². The van der Waals surface area contributed by atoms with Gasteiger partial charge in [-0.3, -0.25) is 4.79 Å². The summed E-state index contributed by atoms with van der Waals surface area (Å²) in [7, 11) is 0. The molecule has 0 radical (unpaired) electrons. The molecule has 0 aliphatic carbocycles. The van der Waals surface area contributed by atoms with Crippen LogP contribution in [-0.2, 0) is 0 Å². The van der Waals surface area contributed by atoms with Crippen LogP contribution in [0.5, 0.6) is 0 Å². The van der Waals surface area contributed by atoms with Crippen LogP contribution in [-0.4, -0.2) is 6.29 Å². The number of nitrogens with two attached hydrogens (primary N) is 1. The lowest BCUT2D eigenvalue weighted by Crippen LogP contribution is -1.96. The number of rotatable bonds is 1. The highest BCUT2D eigenvalue weighted by Crippen LogP contribution is 2.16. The largest absolute Gasteiger partial charge is 0.398 e. The molecule has 0 heterocycles. The zero-order valence-electron chi connectivity index (χ0n) is 6.72. The first kappa shape index (κ1) is 7.79. The Kier molecular flexibility index (Phi) is 1.94. The standard InChI is InChI=1S/C9H11NO/c1-6-3-7(2)8(5-11)9(10)4-6/h3-5H,10H2,1-2H3. The smallest absolute Gasteiger partial charge is 0.152 e. The van der Waals surface area contributed by atoms with Gasteiger partial charge in [0.15, 0.2) is 6.29 Å². The zero-order valence-corrected chi connectivity index (χ0v) is 6.72. The molecule has 1 aromatic carbocycles. The molecule has 0 bridgehead atoms. The molecule has 0 spiro atoms. The fourth-order valence-electron chi connectivity index (χ4n) is 1.17. The van der Waals surface area contributed by atoms with Gasteiger partial charge in [0, 0.05) is 11.3 Å². The van der Waals surface area contributed by atoms with Gasteiger partial charge >= 0.3 is 0 Å². The van der Waals surface area contributed by atoms with Crippen molar-refractivity contribution in [1.29, 1.82) is 0 Å². The fraction of sp³-hybridized carbons (Fsp3) is 0.222. The molecule has 2 N–H and O–H groups in total. The Morgan fingerprint density at radius 3 is 2.45 bits per heavy atom. The number of aldehydes is 1. The normalized spacial score (nSPS) is 9.64. The summed E-state index contributed by atoms with van der Waals surface area (Å²) in [5, 5.41) is 0. The van der Waals surface area contributed by atoms with E-state index in [0.717, 1.165) is 17.4 Å². The van der Waals surface area contributed by atoms with Crippen molar-refractivity contribution >= 4 is 12.0 Å². The van der Waals surface area contributed by atoms with E-state index >= 15 is 0 Å². The van der Waals surface area contributed by atoms with Crippen LogP contribution in [0, 0.1) is 13.8 Å². The summed E-state index contributed by atoms with van der Waals surface area (Å²) in [6, 6.07) is 3.75. The van der Waals surface area contributed by atoms with E-state index in [1.165, 1.54) is 0 Å². The number of nitrogen functional groups attached to an aromatic ring is 1. The first-order valence-electron chi connectivity index (χ1n) is 3.47. The average Bonchev–Trinajstić information content (AvgIpc) is 1.85. The number of anilines is 1. The summed E-state index contributed by atoms with van der Waals surface area (Å²) >= 11 is 0. The zero-order chi connectivity index (χ0) is 8.43. The summed E-state index contributed by atoms with van der Waals surface area (Å²) in [4.78, 5) is 10.5. The number of hydrogen-bond acceptors (Lipinski definition) is 2. The molecule has 2 heteroatoms. The van der Waals surface area contributed by atoms with Crippen LogP contribution < -0.4 is 5.73 Å². The van der Waals surface area contributed by atoms with E-state index < -0.39 is 0 Å². The molecule has 58 valence electrons. The van der Waals surface area contributed by atoms with Gasteiger partial charge in [0.25, 0.3) is 0 Å².